The molecule has 0 aliphatic rings. The van der Waals surface area contributed by atoms with Crippen LogP contribution in [0.25, 0.3) is 33.7 Å². The molecule has 0 spiro atoms. The fraction of sp³-hybridized carbons (Fsp3) is 0.154. The van der Waals surface area contributed by atoms with E-state index >= 15 is 0 Å². The molecule has 3 aromatic heterocycles. The smallest absolute Gasteiger partial charge is 0.232 e. The van der Waals surface area contributed by atoms with E-state index in [0.717, 1.165) is 33.9 Å². The minimum absolute atomic E-state index is 0.299. The van der Waals surface area contributed by atoms with Crippen molar-refractivity contribution in [3.63, 3.8) is 0 Å². The fourth-order valence-electron chi connectivity index (χ4n) is 3.74. The maximum Gasteiger partial charge on any atom is 0.232 e. The third-order valence-electron chi connectivity index (χ3n) is 5.34. The lowest BCUT2D eigenvalue weighted by Crippen LogP contribution is -2.11. The predicted octanol–water partition coefficient (Wildman–Crippen LogP) is 4.48. The minimum atomic E-state index is -0.299. The SMILES string of the molecule is Cc1cccc(-c2[nH]c(CNc3cccc(F)c3)nc2-c2ccc3ncc(OCCN)nc3c2)n1. The molecule has 0 aliphatic heterocycles. The number of anilines is 1. The van der Waals surface area contributed by atoms with Gasteiger partial charge in [-0.3, -0.25) is 4.98 Å². The topological polar surface area (TPSA) is 115 Å². The van der Waals surface area contributed by atoms with Crippen LogP contribution >= 0.6 is 0 Å². The van der Waals surface area contributed by atoms with Gasteiger partial charge in [-0.15, -0.1) is 0 Å². The van der Waals surface area contributed by atoms with E-state index in [9.17, 15) is 4.39 Å². The maximum absolute atomic E-state index is 13.6. The summed E-state index contributed by atoms with van der Waals surface area (Å²) in [5, 5.41) is 3.21. The van der Waals surface area contributed by atoms with Crippen LogP contribution < -0.4 is 15.8 Å². The number of nitrogens with one attached hydrogen (secondary N) is 2. The lowest BCUT2D eigenvalue weighted by Gasteiger charge is -2.07. The Hall–Kier alpha value is -4.37. The molecule has 35 heavy (non-hydrogen) atoms. The van der Waals surface area contributed by atoms with Crippen molar-refractivity contribution >= 4 is 16.7 Å². The van der Waals surface area contributed by atoms with E-state index in [0.29, 0.717) is 42.6 Å². The predicted molar refractivity (Wildman–Crippen MR) is 133 cm³/mol. The van der Waals surface area contributed by atoms with Crippen LogP contribution in [0.1, 0.15) is 11.5 Å². The normalized spacial score (nSPS) is 11.1. The highest BCUT2D eigenvalue weighted by Crippen LogP contribution is 2.31. The molecular formula is C26H24FN7O. The summed E-state index contributed by atoms with van der Waals surface area (Å²) in [7, 11) is 0. The van der Waals surface area contributed by atoms with Crippen molar-refractivity contribution in [1.29, 1.82) is 0 Å². The Labute approximate surface area is 201 Å². The van der Waals surface area contributed by atoms with E-state index in [1.54, 1.807) is 12.3 Å². The average Bonchev–Trinajstić information content (AvgIpc) is 3.30. The molecule has 3 heterocycles. The van der Waals surface area contributed by atoms with Crippen molar-refractivity contribution in [2.24, 2.45) is 5.73 Å². The molecule has 0 radical (unpaired) electrons. The third kappa shape index (κ3) is 5.10. The zero-order valence-electron chi connectivity index (χ0n) is 19.1. The number of pyridine rings is 1. The lowest BCUT2D eigenvalue weighted by atomic mass is 10.1. The summed E-state index contributed by atoms with van der Waals surface area (Å²) in [6.07, 6.45) is 1.59. The second-order valence-electron chi connectivity index (χ2n) is 7.98. The van der Waals surface area contributed by atoms with Crippen LogP contribution in [0.5, 0.6) is 5.88 Å². The van der Waals surface area contributed by atoms with Gasteiger partial charge in [0.25, 0.3) is 0 Å². The van der Waals surface area contributed by atoms with Gasteiger partial charge in [0, 0.05) is 23.5 Å². The second-order valence-corrected chi connectivity index (χ2v) is 7.98. The summed E-state index contributed by atoms with van der Waals surface area (Å²) in [6, 6.07) is 17.9. The van der Waals surface area contributed by atoms with Gasteiger partial charge in [0.1, 0.15) is 18.2 Å². The van der Waals surface area contributed by atoms with E-state index < -0.39 is 0 Å². The summed E-state index contributed by atoms with van der Waals surface area (Å²) < 4.78 is 19.1. The summed E-state index contributed by atoms with van der Waals surface area (Å²) in [4.78, 5) is 21.9. The van der Waals surface area contributed by atoms with Gasteiger partial charge in [-0.25, -0.2) is 19.3 Å². The molecule has 4 N–H and O–H groups in total. The lowest BCUT2D eigenvalue weighted by molar-refractivity contribution is 0.315. The Kier molecular flexibility index (Phi) is 6.32. The number of hydrogen-bond donors (Lipinski definition) is 3. The maximum atomic E-state index is 13.6. The van der Waals surface area contributed by atoms with E-state index in [2.05, 4.69) is 25.3 Å². The largest absolute Gasteiger partial charge is 0.475 e. The number of ether oxygens (including phenoxy) is 1. The summed E-state index contributed by atoms with van der Waals surface area (Å²) in [6.45, 7) is 3.09. The van der Waals surface area contributed by atoms with Gasteiger partial charge >= 0.3 is 0 Å². The Morgan fingerprint density at radius 3 is 2.71 bits per heavy atom. The second kappa shape index (κ2) is 9.86. The highest BCUT2D eigenvalue weighted by molar-refractivity contribution is 5.85. The number of aromatic nitrogens is 5. The Balaban J connectivity index is 1.53. The first kappa shape index (κ1) is 22.4. The number of H-pyrrole nitrogens is 1. The van der Waals surface area contributed by atoms with Gasteiger partial charge in [-0.1, -0.05) is 18.2 Å². The molecule has 0 unspecified atom stereocenters. The van der Waals surface area contributed by atoms with E-state index in [4.69, 9.17) is 15.5 Å². The number of nitrogens with two attached hydrogens (primary N) is 1. The zero-order valence-corrected chi connectivity index (χ0v) is 19.1. The molecule has 0 bridgehead atoms. The van der Waals surface area contributed by atoms with Crippen molar-refractivity contribution < 1.29 is 9.13 Å². The van der Waals surface area contributed by atoms with Crippen LogP contribution in [0.4, 0.5) is 10.1 Å². The molecule has 0 amide bonds. The molecular weight excluding hydrogens is 445 g/mol. The van der Waals surface area contributed by atoms with Crippen LogP contribution in [0.2, 0.25) is 0 Å². The molecule has 176 valence electrons. The standard InChI is InChI=1S/C26H24FN7O/c1-16-4-2-7-21(31-16)26-25(33-23(34-26)14-29-19-6-3-5-18(27)13-19)17-8-9-20-22(12-17)32-24(15-30-20)35-11-10-28/h2-9,12-13,15,29H,10-11,14,28H2,1H3,(H,33,34). The van der Waals surface area contributed by atoms with Gasteiger partial charge in [-0.2, -0.15) is 0 Å². The number of benzene rings is 2. The van der Waals surface area contributed by atoms with Gasteiger partial charge in [0.2, 0.25) is 5.88 Å². The number of aromatic amines is 1. The highest BCUT2D eigenvalue weighted by atomic mass is 19.1. The zero-order chi connectivity index (χ0) is 24.2. The minimum Gasteiger partial charge on any atom is -0.475 e. The van der Waals surface area contributed by atoms with Crippen molar-refractivity contribution in [3.8, 4) is 28.5 Å². The molecule has 5 aromatic rings. The number of aryl methyl sites for hydroxylation is 1. The monoisotopic (exact) mass is 469 g/mol. The average molecular weight is 470 g/mol. The number of rotatable bonds is 8. The van der Waals surface area contributed by atoms with E-state index in [-0.39, 0.29) is 5.82 Å². The highest BCUT2D eigenvalue weighted by Gasteiger charge is 2.16. The molecule has 8 nitrogen and oxygen atoms in total. The molecule has 5 rings (SSSR count). The van der Waals surface area contributed by atoms with Crippen molar-refractivity contribution in [1.82, 2.24) is 24.9 Å². The first-order valence-corrected chi connectivity index (χ1v) is 11.2. The Bertz CT molecular complexity index is 1480. The van der Waals surface area contributed by atoms with E-state index in [1.165, 1.54) is 12.1 Å². The third-order valence-corrected chi connectivity index (χ3v) is 5.34. The number of imidazole rings is 1. The Morgan fingerprint density at radius 2 is 1.89 bits per heavy atom. The molecule has 0 atom stereocenters. The molecule has 0 saturated carbocycles. The Morgan fingerprint density at radius 1 is 1.00 bits per heavy atom. The first-order chi connectivity index (χ1) is 17.1. The van der Waals surface area contributed by atoms with Gasteiger partial charge in [-0.05, 0) is 49.4 Å². The van der Waals surface area contributed by atoms with Gasteiger partial charge < -0.3 is 20.8 Å². The quantitative estimate of drug-likeness (QED) is 0.307. The van der Waals surface area contributed by atoms with Crippen LogP contribution in [0.15, 0.2) is 66.9 Å². The molecule has 0 aliphatic carbocycles. The van der Waals surface area contributed by atoms with Crippen LogP contribution in [-0.2, 0) is 6.54 Å². The number of fused-ring (bicyclic) bond motifs is 1. The summed E-state index contributed by atoms with van der Waals surface area (Å²) >= 11 is 0. The van der Waals surface area contributed by atoms with Gasteiger partial charge in [0.15, 0.2) is 0 Å². The molecule has 9 heteroatoms. The fourth-order valence-corrected chi connectivity index (χ4v) is 3.74. The van der Waals surface area contributed by atoms with E-state index in [1.807, 2.05) is 49.4 Å². The molecule has 0 fully saturated rings. The van der Waals surface area contributed by atoms with Crippen molar-refractivity contribution in [2.45, 2.75) is 13.5 Å². The van der Waals surface area contributed by atoms with Crippen LogP contribution in [0.3, 0.4) is 0 Å². The number of hydrogen-bond acceptors (Lipinski definition) is 7. The number of nitrogens with zero attached hydrogens (tertiary/aromatic N) is 4. The molecule has 2 aromatic carbocycles. The molecule has 0 saturated heterocycles. The van der Waals surface area contributed by atoms with Crippen LogP contribution in [0, 0.1) is 12.7 Å². The van der Waals surface area contributed by atoms with Crippen LogP contribution in [-0.4, -0.2) is 38.1 Å². The number of halogens is 1. The summed E-state index contributed by atoms with van der Waals surface area (Å²) in [5.41, 5.74) is 11.7. The first-order valence-electron chi connectivity index (χ1n) is 11.2. The van der Waals surface area contributed by atoms with Crippen molar-refractivity contribution in [2.75, 3.05) is 18.5 Å². The van der Waals surface area contributed by atoms with Crippen molar-refractivity contribution in [3.05, 3.63) is 84.2 Å². The van der Waals surface area contributed by atoms with Gasteiger partial charge in [0.05, 0.1) is 40.9 Å². The summed E-state index contributed by atoms with van der Waals surface area (Å²) in [5.74, 6) is 0.809.